The fourth-order valence-corrected chi connectivity index (χ4v) is 2.93. The first-order chi connectivity index (χ1) is 13.7. The van der Waals surface area contributed by atoms with Gasteiger partial charge in [-0.1, -0.05) is 18.2 Å². The van der Waals surface area contributed by atoms with Crippen LogP contribution in [-0.4, -0.2) is 41.6 Å². The third-order valence-corrected chi connectivity index (χ3v) is 4.30. The van der Waals surface area contributed by atoms with Crippen LogP contribution < -0.4 is 10.9 Å². The molecule has 2 aromatic heterocycles. The Morgan fingerprint density at radius 2 is 1.86 bits per heavy atom. The van der Waals surface area contributed by atoms with Gasteiger partial charge in [0.25, 0.3) is 5.56 Å². The Labute approximate surface area is 164 Å². The molecule has 0 unspecified atom stereocenters. The topological polar surface area (TPSA) is 74.0 Å². The Bertz CT molecular complexity index is 1130. The van der Waals surface area contributed by atoms with Crippen molar-refractivity contribution in [1.82, 2.24) is 14.5 Å². The van der Waals surface area contributed by atoms with Gasteiger partial charge in [-0.15, -0.1) is 0 Å². The number of aromatic nitrogens is 2. The highest BCUT2D eigenvalue weighted by atomic mass is 19.4. The van der Waals surface area contributed by atoms with Crippen LogP contribution in [0.1, 0.15) is 11.3 Å². The fraction of sp³-hybridized carbons (Fsp3) is 0.250. The second kappa shape index (κ2) is 7.93. The van der Waals surface area contributed by atoms with Crippen LogP contribution in [0.15, 0.2) is 47.3 Å². The first-order valence-corrected chi connectivity index (χ1v) is 8.75. The first kappa shape index (κ1) is 20.4. The van der Waals surface area contributed by atoms with Crippen LogP contribution in [0.4, 0.5) is 18.9 Å². The number of rotatable bonds is 5. The molecule has 0 radical (unpaired) electrons. The average molecular weight is 401 g/mol. The molecule has 0 aliphatic carbocycles. The van der Waals surface area contributed by atoms with Crippen LogP contribution in [-0.2, 0) is 6.18 Å². The number of likely N-dealkylation sites (N-methyl/N-ethyl adjacent to an activating group) is 1. The summed E-state index contributed by atoms with van der Waals surface area (Å²) in [6.45, 7) is 0.995. The summed E-state index contributed by atoms with van der Waals surface area (Å²) < 4.78 is 40.8. The van der Waals surface area contributed by atoms with E-state index in [4.69, 9.17) is 0 Å². The number of nitrogens with one attached hydrogen (secondary N) is 1. The molecule has 0 amide bonds. The monoisotopic (exact) mass is 401 g/mol. The predicted molar refractivity (Wildman–Crippen MR) is 104 cm³/mol. The van der Waals surface area contributed by atoms with E-state index in [1.54, 1.807) is 30.3 Å². The lowest BCUT2D eigenvalue weighted by atomic mass is 10.1. The number of hydrogen-bond acceptors (Lipinski definition) is 5. The van der Waals surface area contributed by atoms with E-state index in [0.29, 0.717) is 18.8 Å². The molecule has 3 rings (SSSR count). The molecule has 0 aliphatic rings. The second-order valence-corrected chi connectivity index (χ2v) is 6.63. The average Bonchev–Trinajstić information content (AvgIpc) is 2.67. The lowest BCUT2D eigenvalue weighted by Gasteiger charge is -2.18. The molecule has 6 nitrogen and oxygen atoms in total. The number of para-hydroxylation sites is 1. The summed E-state index contributed by atoms with van der Waals surface area (Å²) in [5.41, 5.74) is -1.68. The normalized spacial score (nSPS) is 11.6. The molecule has 9 heteroatoms. The highest BCUT2D eigenvalue weighted by Crippen LogP contribution is 2.32. The Morgan fingerprint density at radius 3 is 2.45 bits per heavy atom. The van der Waals surface area contributed by atoms with Crippen molar-refractivity contribution in [3.05, 3.63) is 64.1 Å². The third-order valence-electron chi connectivity index (χ3n) is 4.30. The molecule has 0 saturated heterocycles. The smallest absolute Gasteiger partial charge is 0.382 e. The van der Waals surface area contributed by atoms with Gasteiger partial charge in [-0.05, 0) is 38.4 Å². The number of benzene rings is 1. The zero-order valence-corrected chi connectivity index (χ0v) is 15.8. The van der Waals surface area contributed by atoms with E-state index < -0.39 is 17.4 Å². The molecule has 0 saturated carbocycles. The summed E-state index contributed by atoms with van der Waals surface area (Å²) in [6.07, 6.45) is -4.67. The van der Waals surface area contributed by atoms with Crippen molar-refractivity contribution in [2.24, 2.45) is 0 Å². The summed E-state index contributed by atoms with van der Waals surface area (Å²) in [7, 11) is 3.71. The molecular weight excluding hydrogens is 383 g/mol. The van der Waals surface area contributed by atoms with Crippen LogP contribution in [0.5, 0.6) is 0 Å². The van der Waals surface area contributed by atoms with Crippen molar-refractivity contribution in [1.29, 1.82) is 5.26 Å². The standard InChI is InChI=1S/C20H18F3N5O/c1-27(2)11-10-25-17-14-8-9-16(20(21,22)23)26-18(14)28(19(29)15(17)12-24)13-6-4-3-5-7-13/h3-9,25H,10-11H2,1-2H3. The van der Waals surface area contributed by atoms with E-state index in [0.717, 1.165) is 10.6 Å². The van der Waals surface area contributed by atoms with E-state index in [1.807, 2.05) is 25.1 Å². The number of halogens is 3. The van der Waals surface area contributed by atoms with Crippen LogP contribution in [0.3, 0.4) is 0 Å². The molecular formula is C20H18F3N5O. The SMILES string of the molecule is CN(C)CCNc1c(C#N)c(=O)n(-c2ccccc2)c2nc(C(F)(F)F)ccc12. The number of anilines is 1. The summed E-state index contributed by atoms with van der Waals surface area (Å²) >= 11 is 0. The van der Waals surface area contributed by atoms with Crippen molar-refractivity contribution in [3.63, 3.8) is 0 Å². The number of alkyl halides is 3. The van der Waals surface area contributed by atoms with Gasteiger partial charge in [0, 0.05) is 18.5 Å². The fourth-order valence-electron chi connectivity index (χ4n) is 2.93. The third kappa shape index (κ3) is 4.07. The zero-order valence-electron chi connectivity index (χ0n) is 15.8. The van der Waals surface area contributed by atoms with E-state index in [2.05, 4.69) is 10.3 Å². The highest BCUT2D eigenvalue weighted by Gasteiger charge is 2.33. The van der Waals surface area contributed by atoms with Gasteiger partial charge in [-0.25, -0.2) is 4.98 Å². The Morgan fingerprint density at radius 1 is 1.17 bits per heavy atom. The minimum absolute atomic E-state index is 0.164. The van der Waals surface area contributed by atoms with Crippen molar-refractivity contribution in [2.45, 2.75) is 6.18 Å². The quantitative estimate of drug-likeness (QED) is 0.711. The largest absolute Gasteiger partial charge is 0.433 e. The van der Waals surface area contributed by atoms with Gasteiger partial charge in [0.05, 0.1) is 11.4 Å². The van der Waals surface area contributed by atoms with E-state index >= 15 is 0 Å². The van der Waals surface area contributed by atoms with Gasteiger partial charge < -0.3 is 10.2 Å². The van der Waals surface area contributed by atoms with Gasteiger partial charge in [-0.2, -0.15) is 18.4 Å². The number of fused-ring (bicyclic) bond motifs is 1. The number of nitriles is 1. The minimum Gasteiger partial charge on any atom is -0.382 e. The summed E-state index contributed by atoms with van der Waals surface area (Å²) in [5, 5.41) is 12.9. The van der Waals surface area contributed by atoms with Crippen molar-refractivity contribution >= 4 is 16.7 Å². The zero-order chi connectivity index (χ0) is 21.2. The minimum atomic E-state index is -4.67. The molecule has 1 N–H and O–H groups in total. The van der Waals surface area contributed by atoms with E-state index in [1.165, 1.54) is 6.07 Å². The lowest BCUT2D eigenvalue weighted by molar-refractivity contribution is -0.141. The molecule has 2 heterocycles. The van der Waals surface area contributed by atoms with Crippen LogP contribution >= 0.6 is 0 Å². The second-order valence-electron chi connectivity index (χ2n) is 6.63. The number of hydrogen-bond donors (Lipinski definition) is 1. The molecule has 150 valence electrons. The van der Waals surface area contributed by atoms with Gasteiger partial charge >= 0.3 is 6.18 Å². The maximum absolute atomic E-state index is 13.3. The van der Waals surface area contributed by atoms with Gasteiger partial charge in [0.15, 0.2) is 0 Å². The Kier molecular flexibility index (Phi) is 5.57. The highest BCUT2D eigenvalue weighted by molar-refractivity contribution is 5.93. The van der Waals surface area contributed by atoms with E-state index in [9.17, 15) is 23.2 Å². The van der Waals surface area contributed by atoms with Crippen molar-refractivity contribution in [3.8, 4) is 11.8 Å². The summed E-state index contributed by atoms with van der Waals surface area (Å²) in [5.74, 6) is 0. The summed E-state index contributed by atoms with van der Waals surface area (Å²) in [4.78, 5) is 18.7. The molecule has 0 atom stereocenters. The molecule has 0 aliphatic heterocycles. The van der Waals surface area contributed by atoms with Gasteiger partial charge in [0.2, 0.25) is 0 Å². The van der Waals surface area contributed by atoms with Crippen LogP contribution in [0.25, 0.3) is 16.7 Å². The lowest BCUT2D eigenvalue weighted by Crippen LogP contribution is -2.27. The molecule has 29 heavy (non-hydrogen) atoms. The van der Waals surface area contributed by atoms with Crippen molar-refractivity contribution < 1.29 is 13.2 Å². The predicted octanol–water partition coefficient (Wildman–Crippen LogP) is 3.25. The summed E-state index contributed by atoms with van der Waals surface area (Å²) in [6, 6.07) is 12.1. The Balaban J connectivity index is 2.35. The number of pyridine rings is 2. The molecule has 0 spiro atoms. The number of nitrogens with zero attached hydrogens (tertiary/aromatic N) is 4. The van der Waals surface area contributed by atoms with Gasteiger partial charge in [-0.3, -0.25) is 9.36 Å². The van der Waals surface area contributed by atoms with Gasteiger partial charge in [0.1, 0.15) is 23.0 Å². The van der Waals surface area contributed by atoms with Crippen molar-refractivity contribution in [2.75, 3.05) is 32.5 Å². The maximum atomic E-state index is 13.3. The van der Waals surface area contributed by atoms with Crippen LogP contribution in [0, 0.1) is 11.3 Å². The van der Waals surface area contributed by atoms with E-state index in [-0.39, 0.29) is 22.3 Å². The Hall–Kier alpha value is -3.38. The van der Waals surface area contributed by atoms with Crippen LogP contribution in [0.2, 0.25) is 0 Å². The molecule has 3 aromatic rings. The maximum Gasteiger partial charge on any atom is 0.433 e. The first-order valence-electron chi connectivity index (χ1n) is 8.75. The molecule has 0 fully saturated rings. The molecule has 0 bridgehead atoms. The molecule has 1 aromatic carbocycles.